The Labute approximate surface area is 210 Å². The lowest BCUT2D eigenvalue weighted by Crippen LogP contribution is -2.41. The molecule has 0 aliphatic carbocycles. The molecule has 1 aliphatic heterocycles. The Hall–Kier alpha value is -3.60. The quantitative estimate of drug-likeness (QED) is 0.242. The molecule has 0 bridgehead atoms. The first-order chi connectivity index (χ1) is 17.3. The third kappa shape index (κ3) is 3.08. The number of fused-ring (bicyclic) bond motifs is 6. The Bertz CT molecular complexity index is 1800. The summed E-state index contributed by atoms with van der Waals surface area (Å²) in [5.74, 6) is 0. The van der Waals surface area contributed by atoms with Crippen LogP contribution in [-0.4, -0.2) is 18.3 Å². The van der Waals surface area contributed by atoms with Gasteiger partial charge in [-0.25, -0.2) is 0 Å². The van der Waals surface area contributed by atoms with Gasteiger partial charge in [0.25, 0.3) is 0 Å². The summed E-state index contributed by atoms with van der Waals surface area (Å²) in [5, 5.41) is 6.89. The zero-order valence-electron chi connectivity index (χ0n) is 21.0. The highest BCUT2D eigenvalue weighted by atomic mass is 16.7. The van der Waals surface area contributed by atoms with Crippen LogP contribution in [0.2, 0.25) is 0 Å². The summed E-state index contributed by atoms with van der Waals surface area (Å²) in [7, 11) is -0.441. The van der Waals surface area contributed by atoms with Crippen LogP contribution in [0.15, 0.2) is 95.4 Å². The maximum Gasteiger partial charge on any atom is 0.495 e. The monoisotopic (exact) mass is 470 g/mol. The van der Waals surface area contributed by atoms with Gasteiger partial charge in [-0.05, 0) is 78.6 Å². The Kier molecular flexibility index (Phi) is 4.49. The molecule has 1 aromatic heterocycles. The SMILES string of the molecule is CC1(C)OB(c2cc(-c3cccc4oc5c6ccccc6ccc5c34)cc3ccccc23)OC1(C)C. The van der Waals surface area contributed by atoms with Crippen LogP contribution in [0.5, 0.6) is 0 Å². The fourth-order valence-electron chi connectivity index (χ4n) is 5.46. The topological polar surface area (TPSA) is 31.6 Å². The molecule has 4 heteroatoms. The second kappa shape index (κ2) is 7.46. The van der Waals surface area contributed by atoms with E-state index in [2.05, 4.69) is 119 Å². The molecule has 3 nitrogen and oxygen atoms in total. The zero-order chi connectivity index (χ0) is 24.7. The van der Waals surface area contributed by atoms with Crippen molar-refractivity contribution < 1.29 is 13.7 Å². The van der Waals surface area contributed by atoms with E-state index in [4.69, 9.17) is 13.7 Å². The normalized spacial score (nSPS) is 17.1. The Morgan fingerprint density at radius 3 is 2.08 bits per heavy atom. The van der Waals surface area contributed by atoms with Gasteiger partial charge >= 0.3 is 7.12 Å². The summed E-state index contributed by atoms with van der Waals surface area (Å²) < 4.78 is 19.4. The van der Waals surface area contributed by atoms with E-state index < -0.39 is 18.3 Å². The van der Waals surface area contributed by atoms with Crippen molar-refractivity contribution in [1.82, 2.24) is 0 Å². The van der Waals surface area contributed by atoms with Crippen LogP contribution in [-0.2, 0) is 9.31 Å². The van der Waals surface area contributed by atoms with Crippen LogP contribution in [0, 0.1) is 0 Å². The molecule has 1 saturated heterocycles. The molecule has 7 rings (SSSR count). The molecule has 0 spiro atoms. The van der Waals surface area contributed by atoms with E-state index in [1.807, 2.05) is 0 Å². The Morgan fingerprint density at radius 1 is 0.611 bits per heavy atom. The van der Waals surface area contributed by atoms with Gasteiger partial charge in [-0.2, -0.15) is 0 Å². The van der Waals surface area contributed by atoms with Crippen molar-refractivity contribution in [2.24, 2.45) is 0 Å². The molecule has 0 N–H and O–H groups in total. The third-order valence-electron chi connectivity index (χ3n) is 8.10. The first kappa shape index (κ1) is 21.7. The molecule has 176 valence electrons. The van der Waals surface area contributed by atoms with Crippen LogP contribution in [0.3, 0.4) is 0 Å². The second-order valence-corrected chi connectivity index (χ2v) is 10.8. The molecule has 0 amide bonds. The van der Waals surface area contributed by atoms with E-state index in [0.717, 1.165) is 54.7 Å². The van der Waals surface area contributed by atoms with Crippen LogP contribution >= 0.6 is 0 Å². The fourth-order valence-corrected chi connectivity index (χ4v) is 5.46. The van der Waals surface area contributed by atoms with Gasteiger partial charge in [0.2, 0.25) is 0 Å². The average molecular weight is 470 g/mol. The predicted molar refractivity (Wildman–Crippen MR) is 150 cm³/mol. The first-order valence-electron chi connectivity index (χ1n) is 12.5. The van der Waals surface area contributed by atoms with E-state index in [9.17, 15) is 0 Å². The van der Waals surface area contributed by atoms with Gasteiger partial charge in [0.1, 0.15) is 11.2 Å². The van der Waals surface area contributed by atoms with E-state index in [1.54, 1.807) is 0 Å². The van der Waals surface area contributed by atoms with E-state index in [1.165, 1.54) is 5.39 Å². The minimum absolute atomic E-state index is 0.406. The standard InChI is InChI=1S/C32H27BO3/c1-31(2)32(3,4)36-33(35-31)27-19-22(18-21-11-6-7-12-23(21)27)24-14-9-15-28-29(24)26-17-16-20-10-5-8-13-25(20)30(26)34-28/h5-19H,1-4H3. The average Bonchev–Trinajstić information content (AvgIpc) is 3.36. The lowest BCUT2D eigenvalue weighted by Gasteiger charge is -2.32. The van der Waals surface area contributed by atoms with Crippen LogP contribution in [0.1, 0.15) is 27.7 Å². The van der Waals surface area contributed by atoms with Crippen molar-refractivity contribution in [2.75, 3.05) is 0 Å². The highest BCUT2D eigenvalue weighted by molar-refractivity contribution is 6.65. The van der Waals surface area contributed by atoms with Crippen molar-refractivity contribution in [3.8, 4) is 11.1 Å². The lowest BCUT2D eigenvalue weighted by atomic mass is 9.74. The number of hydrogen-bond acceptors (Lipinski definition) is 3. The van der Waals surface area contributed by atoms with E-state index in [0.29, 0.717) is 0 Å². The molecule has 0 unspecified atom stereocenters. The molecule has 0 atom stereocenters. The van der Waals surface area contributed by atoms with Gasteiger partial charge < -0.3 is 13.7 Å². The van der Waals surface area contributed by atoms with Crippen LogP contribution in [0.25, 0.3) is 54.6 Å². The molecule has 5 aromatic carbocycles. The lowest BCUT2D eigenvalue weighted by molar-refractivity contribution is 0.00578. The molecule has 6 aromatic rings. The van der Waals surface area contributed by atoms with Crippen molar-refractivity contribution in [1.29, 1.82) is 0 Å². The van der Waals surface area contributed by atoms with Crippen molar-refractivity contribution in [2.45, 2.75) is 38.9 Å². The maximum absolute atomic E-state index is 6.50. The van der Waals surface area contributed by atoms with Gasteiger partial charge in [0.15, 0.2) is 0 Å². The Balaban J connectivity index is 1.49. The molecule has 36 heavy (non-hydrogen) atoms. The van der Waals surface area contributed by atoms with Crippen molar-refractivity contribution in [3.05, 3.63) is 91.0 Å². The minimum atomic E-state index is -0.441. The van der Waals surface area contributed by atoms with Gasteiger partial charge in [-0.15, -0.1) is 0 Å². The first-order valence-corrected chi connectivity index (χ1v) is 12.5. The smallest absolute Gasteiger partial charge is 0.455 e. The summed E-state index contributed by atoms with van der Waals surface area (Å²) in [6, 6.07) is 32.0. The van der Waals surface area contributed by atoms with E-state index >= 15 is 0 Å². The molecule has 1 fully saturated rings. The van der Waals surface area contributed by atoms with Gasteiger partial charge in [-0.3, -0.25) is 0 Å². The summed E-state index contributed by atoms with van der Waals surface area (Å²) in [6.07, 6.45) is 0. The van der Waals surface area contributed by atoms with Crippen LogP contribution < -0.4 is 5.46 Å². The highest BCUT2D eigenvalue weighted by Gasteiger charge is 2.52. The summed E-state index contributed by atoms with van der Waals surface area (Å²) in [5.41, 5.74) is 4.33. The highest BCUT2D eigenvalue weighted by Crippen LogP contribution is 2.41. The molecule has 2 heterocycles. The molecule has 1 aliphatic rings. The maximum atomic E-state index is 6.50. The van der Waals surface area contributed by atoms with Gasteiger partial charge in [0.05, 0.1) is 11.2 Å². The predicted octanol–water partition coefficient (Wildman–Crippen LogP) is 7.86. The summed E-state index contributed by atoms with van der Waals surface area (Å²) >= 11 is 0. The zero-order valence-corrected chi connectivity index (χ0v) is 21.0. The minimum Gasteiger partial charge on any atom is -0.455 e. The van der Waals surface area contributed by atoms with Crippen molar-refractivity contribution >= 4 is 56.1 Å². The number of hydrogen-bond donors (Lipinski definition) is 0. The molecule has 0 radical (unpaired) electrons. The molecule has 0 saturated carbocycles. The molecular formula is C32H27BO3. The number of rotatable bonds is 2. The van der Waals surface area contributed by atoms with E-state index in [-0.39, 0.29) is 0 Å². The fraction of sp³-hybridized carbons (Fsp3) is 0.188. The van der Waals surface area contributed by atoms with Crippen molar-refractivity contribution in [3.63, 3.8) is 0 Å². The number of benzene rings is 5. The van der Waals surface area contributed by atoms with Gasteiger partial charge in [-0.1, -0.05) is 72.8 Å². The second-order valence-electron chi connectivity index (χ2n) is 10.8. The Morgan fingerprint density at radius 2 is 1.31 bits per heavy atom. The summed E-state index contributed by atoms with van der Waals surface area (Å²) in [6.45, 7) is 8.40. The third-order valence-corrected chi connectivity index (χ3v) is 8.10. The largest absolute Gasteiger partial charge is 0.495 e. The number of furan rings is 1. The molecular weight excluding hydrogens is 443 g/mol. The van der Waals surface area contributed by atoms with Crippen LogP contribution in [0.4, 0.5) is 0 Å². The summed E-state index contributed by atoms with van der Waals surface area (Å²) in [4.78, 5) is 0. The van der Waals surface area contributed by atoms with Gasteiger partial charge in [0, 0.05) is 16.2 Å².